The van der Waals surface area contributed by atoms with E-state index in [4.69, 9.17) is 5.11 Å². The lowest BCUT2D eigenvalue weighted by Gasteiger charge is -2.06. The zero-order valence-corrected chi connectivity index (χ0v) is 10.6. The Morgan fingerprint density at radius 2 is 2.00 bits per heavy atom. The van der Waals surface area contributed by atoms with Crippen molar-refractivity contribution in [2.45, 2.75) is 39.2 Å². The van der Waals surface area contributed by atoms with Gasteiger partial charge in [0.25, 0.3) is 0 Å². The predicted molar refractivity (Wildman–Crippen MR) is 68.8 cm³/mol. The van der Waals surface area contributed by atoms with Gasteiger partial charge in [0.05, 0.1) is 12.5 Å². The molecule has 1 atom stereocenters. The normalized spacial score (nSPS) is 12.2. The van der Waals surface area contributed by atoms with Gasteiger partial charge in [-0.05, 0) is 32.3 Å². The summed E-state index contributed by atoms with van der Waals surface area (Å²) in [6, 6.07) is 8.43. The molecule has 3 heteroatoms. The monoisotopic (exact) mass is 235 g/mol. The van der Waals surface area contributed by atoms with Crippen LogP contribution in [0.15, 0.2) is 24.3 Å². The van der Waals surface area contributed by atoms with E-state index in [0.29, 0.717) is 6.54 Å². The van der Waals surface area contributed by atoms with Gasteiger partial charge in [0.2, 0.25) is 5.91 Å². The first-order valence-electron chi connectivity index (χ1n) is 6.08. The Hall–Kier alpha value is -1.35. The smallest absolute Gasteiger partial charge is 0.222 e. The fraction of sp³-hybridized carbons (Fsp3) is 0.500. The number of aryl methyl sites for hydroxylation is 2. The highest BCUT2D eigenvalue weighted by Gasteiger charge is 2.04. The second-order valence-electron chi connectivity index (χ2n) is 4.49. The van der Waals surface area contributed by atoms with E-state index in [1.165, 1.54) is 11.1 Å². The fourth-order valence-electron chi connectivity index (χ4n) is 1.62. The molecular formula is C14H21NO2. The SMILES string of the molecule is Cc1ccc(CCCNC(=O)CC(C)O)cc1. The number of benzene rings is 1. The van der Waals surface area contributed by atoms with Crippen LogP contribution in [-0.4, -0.2) is 23.7 Å². The van der Waals surface area contributed by atoms with Gasteiger partial charge >= 0.3 is 0 Å². The van der Waals surface area contributed by atoms with Crippen LogP contribution in [0.5, 0.6) is 0 Å². The van der Waals surface area contributed by atoms with E-state index in [2.05, 4.69) is 36.5 Å². The van der Waals surface area contributed by atoms with Gasteiger partial charge in [-0.25, -0.2) is 0 Å². The zero-order chi connectivity index (χ0) is 12.7. The van der Waals surface area contributed by atoms with E-state index in [1.807, 2.05) is 0 Å². The molecule has 17 heavy (non-hydrogen) atoms. The molecule has 0 aliphatic carbocycles. The third-order valence-electron chi connectivity index (χ3n) is 2.57. The van der Waals surface area contributed by atoms with Crippen molar-refractivity contribution < 1.29 is 9.90 Å². The lowest BCUT2D eigenvalue weighted by molar-refractivity contribution is -0.122. The number of carbonyl (C=O) groups is 1. The number of hydrogen-bond donors (Lipinski definition) is 2. The van der Waals surface area contributed by atoms with Crippen LogP contribution in [0.2, 0.25) is 0 Å². The van der Waals surface area contributed by atoms with Crippen molar-refractivity contribution in [2.75, 3.05) is 6.54 Å². The maximum Gasteiger partial charge on any atom is 0.222 e. The second-order valence-corrected chi connectivity index (χ2v) is 4.49. The molecule has 0 spiro atoms. The summed E-state index contributed by atoms with van der Waals surface area (Å²) < 4.78 is 0. The van der Waals surface area contributed by atoms with Crippen LogP contribution >= 0.6 is 0 Å². The van der Waals surface area contributed by atoms with Crippen molar-refractivity contribution in [1.82, 2.24) is 5.32 Å². The van der Waals surface area contributed by atoms with Crippen LogP contribution in [0.1, 0.15) is 30.9 Å². The van der Waals surface area contributed by atoms with E-state index in [-0.39, 0.29) is 12.3 Å². The Bertz CT molecular complexity index is 344. The molecule has 0 radical (unpaired) electrons. The summed E-state index contributed by atoms with van der Waals surface area (Å²) in [6.07, 6.45) is 1.51. The second kappa shape index (κ2) is 7.07. The summed E-state index contributed by atoms with van der Waals surface area (Å²) in [7, 11) is 0. The average Bonchev–Trinajstić information content (AvgIpc) is 2.26. The lowest BCUT2D eigenvalue weighted by Crippen LogP contribution is -2.27. The Morgan fingerprint density at radius 1 is 1.35 bits per heavy atom. The Balaban J connectivity index is 2.16. The molecule has 1 amide bonds. The maximum absolute atomic E-state index is 11.2. The minimum atomic E-state index is -0.563. The molecule has 1 aromatic rings. The molecule has 3 nitrogen and oxygen atoms in total. The summed E-state index contributed by atoms with van der Waals surface area (Å²) >= 11 is 0. The molecule has 1 aromatic carbocycles. The number of rotatable bonds is 6. The molecule has 0 saturated carbocycles. The number of amides is 1. The number of nitrogens with one attached hydrogen (secondary N) is 1. The van der Waals surface area contributed by atoms with Crippen LogP contribution in [-0.2, 0) is 11.2 Å². The molecule has 0 aliphatic heterocycles. The van der Waals surface area contributed by atoms with Crippen molar-refractivity contribution in [1.29, 1.82) is 0 Å². The summed E-state index contributed by atoms with van der Waals surface area (Å²) in [5, 5.41) is 11.8. The van der Waals surface area contributed by atoms with Gasteiger partial charge < -0.3 is 10.4 Å². The Kier molecular flexibility index (Phi) is 5.70. The van der Waals surface area contributed by atoms with Crippen LogP contribution in [0.25, 0.3) is 0 Å². The molecule has 0 saturated heterocycles. The summed E-state index contributed by atoms with van der Waals surface area (Å²) in [6.45, 7) is 4.35. The zero-order valence-electron chi connectivity index (χ0n) is 10.6. The van der Waals surface area contributed by atoms with Crippen molar-refractivity contribution >= 4 is 5.91 Å². The highest BCUT2D eigenvalue weighted by Crippen LogP contribution is 2.05. The standard InChI is InChI=1S/C14H21NO2/c1-11-5-7-13(8-6-11)4-3-9-15-14(17)10-12(2)16/h5-8,12,16H,3-4,9-10H2,1-2H3,(H,15,17). The van der Waals surface area contributed by atoms with E-state index in [0.717, 1.165) is 12.8 Å². The Labute approximate surface area is 103 Å². The molecule has 0 fully saturated rings. The molecule has 0 bridgehead atoms. The van der Waals surface area contributed by atoms with E-state index < -0.39 is 6.10 Å². The minimum absolute atomic E-state index is 0.0797. The summed E-state index contributed by atoms with van der Waals surface area (Å²) in [5.74, 6) is -0.0797. The molecule has 94 valence electrons. The van der Waals surface area contributed by atoms with Crippen molar-refractivity contribution in [3.63, 3.8) is 0 Å². The van der Waals surface area contributed by atoms with Crippen molar-refractivity contribution in [3.05, 3.63) is 35.4 Å². The quantitative estimate of drug-likeness (QED) is 0.739. The average molecular weight is 235 g/mol. The van der Waals surface area contributed by atoms with Gasteiger partial charge in [-0.3, -0.25) is 4.79 Å². The molecule has 0 heterocycles. The molecule has 0 aliphatic rings. The first-order chi connectivity index (χ1) is 8.08. The van der Waals surface area contributed by atoms with Gasteiger partial charge in [-0.15, -0.1) is 0 Å². The molecule has 0 aromatic heterocycles. The summed E-state index contributed by atoms with van der Waals surface area (Å²) in [4.78, 5) is 11.2. The van der Waals surface area contributed by atoms with Gasteiger partial charge in [0.1, 0.15) is 0 Å². The number of aliphatic hydroxyl groups excluding tert-OH is 1. The highest BCUT2D eigenvalue weighted by atomic mass is 16.3. The third-order valence-corrected chi connectivity index (χ3v) is 2.57. The number of hydrogen-bond acceptors (Lipinski definition) is 2. The van der Waals surface area contributed by atoms with E-state index in [9.17, 15) is 4.79 Å². The maximum atomic E-state index is 11.2. The summed E-state index contributed by atoms with van der Waals surface area (Å²) in [5.41, 5.74) is 2.55. The van der Waals surface area contributed by atoms with Crippen LogP contribution in [0.4, 0.5) is 0 Å². The van der Waals surface area contributed by atoms with E-state index in [1.54, 1.807) is 6.92 Å². The number of aliphatic hydroxyl groups is 1. The fourth-order valence-corrected chi connectivity index (χ4v) is 1.62. The van der Waals surface area contributed by atoms with Gasteiger partial charge in [-0.2, -0.15) is 0 Å². The van der Waals surface area contributed by atoms with Gasteiger partial charge in [0, 0.05) is 6.54 Å². The first kappa shape index (κ1) is 13.7. The molecule has 1 unspecified atom stereocenters. The van der Waals surface area contributed by atoms with Crippen molar-refractivity contribution in [3.8, 4) is 0 Å². The van der Waals surface area contributed by atoms with Gasteiger partial charge in [-0.1, -0.05) is 29.8 Å². The third kappa shape index (κ3) is 6.07. The minimum Gasteiger partial charge on any atom is -0.393 e. The highest BCUT2D eigenvalue weighted by molar-refractivity contribution is 5.76. The number of carbonyl (C=O) groups excluding carboxylic acids is 1. The van der Waals surface area contributed by atoms with E-state index >= 15 is 0 Å². The largest absolute Gasteiger partial charge is 0.393 e. The van der Waals surface area contributed by atoms with Crippen LogP contribution in [0, 0.1) is 6.92 Å². The van der Waals surface area contributed by atoms with Crippen molar-refractivity contribution in [2.24, 2.45) is 0 Å². The van der Waals surface area contributed by atoms with Crippen LogP contribution in [0.3, 0.4) is 0 Å². The molecule has 1 rings (SSSR count). The van der Waals surface area contributed by atoms with Crippen LogP contribution < -0.4 is 5.32 Å². The lowest BCUT2D eigenvalue weighted by atomic mass is 10.1. The first-order valence-corrected chi connectivity index (χ1v) is 6.08. The molecule has 2 N–H and O–H groups in total. The predicted octanol–water partition coefficient (Wildman–Crippen LogP) is 1.81. The molecular weight excluding hydrogens is 214 g/mol. The Morgan fingerprint density at radius 3 is 2.59 bits per heavy atom. The topological polar surface area (TPSA) is 49.3 Å². The van der Waals surface area contributed by atoms with Gasteiger partial charge in [0.15, 0.2) is 0 Å².